The molecule has 0 aliphatic heterocycles. The number of carbonyl (C=O) groups is 1. The zero-order valence-electron chi connectivity index (χ0n) is 10.4. The molecule has 18 heavy (non-hydrogen) atoms. The van der Waals surface area contributed by atoms with Crippen LogP contribution in [-0.4, -0.2) is 61.2 Å². The Morgan fingerprint density at radius 2 is 2.17 bits per heavy atom. The van der Waals surface area contributed by atoms with Gasteiger partial charge in [0.25, 0.3) is 10.0 Å². The maximum absolute atomic E-state index is 12.1. The Hall–Kier alpha value is -1.45. The van der Waals surface area contributed by atoms with Crippen molar-refractivity contribution in [3.05, 3.63) is 11.3 Å². The molecule has 8 nitrogen and oxygen atoms in total. The van der Waals surface area contributed by atoms with Crippen molar-refractivity contribution in [3.8, 4) is 0 Å². The van der Waals surface area contributed by atoms with E-state index in [-0.39, 0.29) is 17.8 Å². The van der Waals surface area contributed by atoms with Gasteiger partial charge in [-0.25, -0.2) is 13.2 Å². The summed E-state index contributed by atoms with van der Waals surface area (Å²) < 4.78 is 25.3. The Morgan fingerprint density at radius 3 is 2.67 bits per heavy atom. The highest BCUT2D eigenvalue weighted by Gasteiger charge is 2.31. The number of sulfonamides is 1. The first-order chi connectivity index (χ1) is 8.32. The van der Waals surface area contributed by atoms with Crippen molar-refractivity contribution in [1.82, 2.24) is 19.8 Å². The molecule has 0 saturated carbocycles. The molecule has 0 spiro atoms. The largest absolute Gasteiger partial charge is 0.478 e. The second kappa shape index (κ2) is 5.46. The van der Waals surface area contributed by atoms with Gasteiger partial charge in [0.05, 0.1) is 0 Å². The number of H-pyrrole nitrogens is 1. The predicted octanol–water partition coefficient (Wildman–Crippen LogP) is -0.744. The highest BCUT2D eigenvalue weighted by Crippen LogP contribution is 2.19. The number of carboxylic acid groups (broad SMARTS) is 1. The van der Waals surface area contributed by atoms with Gasteiger partial charge in [-0.05, 0) is 14.0 Å². The number of hydrogen-bond donors (Lipinski definition) is 3. The van der Waals surface area contributed by atoms with E-state index in [4.69, 9.17) is 5.11 Å². The monoisotopic (exact) mass is 276 g/mol. The molecular formula is C9H16N4O4S. The van der Waals surface area contributed by atoms with Crippen LogP contribution in [0.2, 0.25) is 0 Å². The first kappa shape index (κ1) is 14.6. The number of hydrogen-bond acceptors (Lipinski definition) is 5. The van der Waals surface area contributed by atoms with Crippen molar-refractivity contribution >= 4 is 16.0 Å². The third-order valence-corrected chi connectivity index (χ3v) is 4.25. The first-order valence-electron chi connectivity index (χ1n) is 5.21. The van der Waals surface area contributed by atoms with Crippen LogP contribution < -0.4 is 5.32 Å². The molecule has 1 heterocycles. The molecule has 0 saturated heterocycles. The molecule has 0 radical (unpaired) electrons. The zero-order valence-corrected chi connectivity index (χ0v) is 11.2. The summed E-state index contributed by atoms with van der Waals surface area (Å²) in [7, 11) is -0.822. The summed E-state index contributed by atoms with van der Waals surface area (Å²) in [6, 6.07) is 0. The van der Waals surface area contributed by atoms with Crippen LogP contribution in [0.4, 0.5) is 0 Å². The van der Waals surface area contributed by atoms with Gasteiger partial charge in [-0.2, -0.15) is 9.40 Å². The summed E-state index contributed by atoms with van der Waals surface area (Å²) in [5, 5.41) is 17.3. The smallest absolute Gasteiger partial charge is 0.340 e. The van der Waals surface area contributed by atoms with E-state index in [0.717, 1.165) is 4.31 Å². The topological polar surface area (TPSA) is 115 Å². The number of aromatic amines is 1. The average molecular weight is 276 g/mol. The number of likely N-dealkylation sites (N-methyl/N-ethyl adjacent to an activating group) is 2. The van der Waals surface area contributed by atoms with Crippen molar-refractivity contribution in [2.45, 2.75) is 11.9 Å². The van der Waals surface area contributed by atoms with E-state index in [0.29, 0.717) is 6.54 Å². The maximum Gasteiger partial charge on any atom is 0.340 e. The summed E-state index contributed by atoms with van der Waals surface area (Å²) in [5.41, 5.74) is -0.102. The molecule has 0 unspecified atom stereocenters. The lowest BCUT2D eigenvalue weighted by Gasteiger charge is -2.15. The minimum absolute atomic E-state index is 0.211. The van der Waals surface area contributed by atoms with E-state index in [1.807, 2.05) is 0 Å². The Balaban J connectivity index is 3.17. The van der Waals surface area contributed by atoms with E-state index in [1.54, 1.807) is 7.05 Å². The van der Waals surface area contributed by atoms with Gasteiger partial charge in [0.15, 0.2) is 0 Å². The first-order valence-corrected chi connectivity index (χ1v) is 6.65. The van der Waals surface area contributed by atoms with Crippen LogP contribution in [0.1, 0.15) is 16.1 Å². The van der Waals surface area contributed by atoms with Gasteiger partial charge in [-0.3, -0.25) is 5.10 Å². The van der Waals surface area contributed by atoms with E-state index >= 15 is 0 Å². The second-order valence-electron chi connectivity index (χ2n) is 3.76. The molecule has 0 aromatic carbocycles. The molecule has 0 bridgehead atoms. The lowest BCUT2D eigenvalue weighted by Crippen LogP contribution is -2.33. The van der Waals surface area contributed by atoms with Gasteiger partial charge >= 0.3 is 5.97 Å². The van der Waals surface area contributed by atoms with Crippen LogP contribution in [-0.2, 0) is 10.0 Å². The Bertz CT molecular complexity index is 537. The standard InChI is InChI=1S/C9H16N4O4S/c1-6-7(9(14)15)8(12-11-6)18(16,17)13(3)5-4-10-2/h10H,4-5H2,1-3H3,(H,11,12)(H,14,15). The normalized spacial score (nSPS) is 12.0. The molecule has 9 heteroatoms. The highest BCUT2D eigenvalue weighted by molar-refractivity contribution is 7.89. The van der Waals surface area contributed by atoms with Crippen LogP contribution in [0, 0.1) is 6.92 Å². The molecule has 0 amide bonds. The predicted molar refractivity (Wildman–Crippen MR) is 64.0 cm³/mol. The summed E-state index contributed by atoms with van der Waals surface area (Å²) in [6.45, 7) is 2.15. The second-order valence-corrected chi connectivity index (χ2v) is 5.72. The van der Waals surface area contributed by atoms with Crippen LogP contribution in [0.25, 0.3) is 0 Å². The molecular weight excluding hydrogens is 260 g/mol. The molecule has 1 aromatic heterocycles. The Kier molecular flexibility index (Phi) is 4.43. The van der Waals surface area contributed by atoms with Crippen LogP contribution >= 0.6 is 0 Å². The van der Waals surface area contributed by atoms with E-state index in [9.17, 15) is 13.2 Å². The fourth-order valence-corrected chi connectivity index (χ4v) is 2.67. The van der Waals surface area contributed by atoms with Crippen molar-refractivity contribution in [3.63, 3.8) is 0 Å². The van der Waals surface area contributed by atoms with Gasteiger partial charge in [-0.1, -0.05) is 0 Å². The number of aryl methyl sites for hydroxylation is 1. The van der Waals surface area contributed by atoms with Crippen LogP contribution in [0.3, 0.4) is 0 Å². The summed E-state index contributed by atoms with van der Waals surface area (Å²) in [5.74, 6) is -1.32. The number of aromatic carboxylic acids is 1. The number of carboxylic acids is 1. The molecule has 1 rings (SSSR count). The Morgan fingerprint density at radius 1 is 1.56 bits per heavy atom. The van der Waals surface area contributed by atoms with Crippen LogP contribution in [0.5, 0.6) is 0 Å². The van der Waals surface area contributed by atoms with Gasteiger partial charge in [0, 0.05) is 25.8 Å². The number of rotatable bonds is 6. The Labute approximate surface area is 105 Å². The molecule has 0 aliphatic carbocycles. The zero-order chi connectivity index (χ0) is 13.9. The number of nitrogens with one attached hydrogen (secondary N) is 2. The van der Waals surface area contributed by atoms with Gasteiger partial charge in [-0.15, -0.1) is 0 Å². The minimum Gasteiger partial charge on any atom is -0.478 e. The summed E-state index contributed by atoms with van der Waals surface area (Å²) in [6.07, 6.45) is 0. The fourth-order valence-electron chi connectivity index (χ4n) is 1.38. The SMILES string of the molecule is CNCCN(C)S(=O)(=O)c1n[nH]c(C)c1C(=O)O. The van der Waals surface area contributed by atoms with Crippen LogP contribution in [0.15, 0.2) is 5.03 Å². The van der Waals surface area contributed by atoms with E-state index in [1.165, 1.54) is 14.0 Å². The summed E-state index contributed by atoms with van der Waals surface area (Å²) >= 11 is 0. The molecule has 1 aromatic rings. The van der Waals surface area contributed by atoms with Gasteiger partial charge in [0.2, 0.25) is 5.03 Å². The van der Waals surface area contributed by atoms with Crippen molar-refractivity contribution in [2.75, 3.05) is 27.2 Å². The molecule has 0 aliphatic rings. The average Bonchev–Trinajstić information content (AvgIpc) is 2.68. The highest BCUT2D eigenvalue weighted by atomic mass is 32.2. The molecule has 3 N–H and O–H groups in total. The third-order valence-electron chi connectivity index (χ3n) is 2.46. The summed E-state index contributed by atoms with van der Waals surface area (Å²) in [4.78, 5) is 11.0. The minimum atomic E-state index is -3.90. The van der Waals surface area contributed by atoms with E-state index in [2.05, 4.69) is 15.5 Å². The molecule has 102 valence electrons. The van der Waals surface area contributed by atoms with Crippen molar-refractivity contribution < 1.29 is 18.3 Å². The van der Waals surface area contributed by atoms with E-state index < -0.39 is 21.0 Å². The molecule has 0 fully saturated rings. The quantitative estimate of drug-likeness (QED) is 0.630. The fraction of sp³-hybridized carbons (Fsp3) is 0.556. The van der Waals surface area contributed by atoms with Gasteiger partial charge in [0.1, 0.15) is 5.56 Å². The van der Waals surface area contributed by atoms with Gasteiger partial charge < -0.3 is 10.4 Å². The lowest BCUT2D eigenvalue weighted by atomic mass is 10.3. The molecule has 0 atom stereocenters. The van der Waals surface area contributed by atoms with Crippen molar-refractivity contribution in [1.29, 1.82) is 0 Å². The van der Waals surface area contributed by atoms with Crippen molar-refractivity contribution in [2.24, 2.45) is 0 Å². The number of nitrogens with zero attached hydrogens (tertiary/aromatic N) is 2. The lowest BCUT2D eigenvalue weighted by molar-refractivity contribution is 0.0691. The third kappa shape index (κ3) is 2.68. The maximum atomic E-state index is 12.1. The number of aromatic nitrogens is 2.